The van der Waals surface area contributed by atoms with E-state index in [1.54, 1.807) is 16.3 Å². The molecule has 1 fully saturated rings. The van der Waals surface area contributed by atoms with Gasteiger partial charge in [-0.3, -0.25) is 4.79 Å². The monoisotopic (exact) mass is 427 g/mol. The van der Waals surface area contributed by atoms with Crippen LogP contribution in [-0.4, -0.2) is 41.5 Å². The van der Waals surface area contributed by atoms with Crippen molar-refractivity contribution in [3.63, 3.8) is 0 Å². The average Bonchev–Trinajstić information content (AvgIpc) is 3.15. The lowest BCUT2D eigenvalue weighted by atomic mass is 9.98. The number of rotatable bonds is 5. The minimum atomic E-state index is -0.408. The number of hydrogen-bond acceptors (Lipinski definition) is 5. The van der Waals surface area contributed by atoms with Crippen molar-refractivity contribution in [2.75, 3.05) is 25.0 Å². The van der Waals surface area contributed by atoms with Crippen molar-refractivity contribution in [1.82, 2.24) is 15.2 Å². The van der Waals surface area contributed by atoms with Gasteiger partial charge in [-0.25, -0.2) is 14.2 Å². The molecule has 0 saturated carbocycles. The standard InChI is InChI=1S/C18H22FN5O2S.ClH/c19-13-4-1-5-14(7-13)22-18(26)21-9-12-3-2-6-24(10-12)17(25)15-11-27-16(8-20)23-15;/h1,4-5,7,11-12H,2-3,6,8-10,20H2,(H2,21,22,26);1H. The van der Waals surface area contributed by atoms with E-state index in [1.807, 2.05) is 0 Å². The van der Waals surface area contributed by atoms with Crippen molar-refractivity contribution in [3.8, 4) is 0 Å². The number of halogens is 2. The van der Waals surface area contributed by atoms with Gasteiger partial charge >= 0.3 is 6.03 Å². The molecule has 3 amide bonds. The zero-order chi connectivity index (χ0) is 19.2. The summed E-state index contributed by atoms with van der Waals surface area (Å²) in [6.45, 7) is 2.01. The molecule has 152 valence electrons. The summed E-state index contributed by atoms with van der Waals surface area (Å²) in [6.07, 6.45) is 1.80. The molecule has 3 rings (SSSR count). The van der Waals surface area contributed by atoms with Crippen LogP contribution in [0.25, 0.3) is 0 Å². The highest BCUT2D eigenvalue weighted by molar-refractivity contribution is 7.09. The van der Waals surface area contributed by atoms with Gasteiger partial charge < -0.3 is 21.3 Å². The van der Waals surface area contributed by atoms with E-state index in [0.29, 0.717) is 37.6 Å². The van der Waals surface area contributed by atoms with E-state index in [2.05, 4.69) is 15.6 Å². The second kappa shape index (κ2) is 10.4. The molecule has 1 aromatic heterocycles. The average molecular weight is 428 g/mol. The SMILES string of the molecule is Cl.NCc1nc(C(=O)N2CCCC(CNC(=O)Nc3cccc(F)c3)C2)cs1. The lowest BCUT2D eigenvalue weighted by molar-refractivity contribution is 0.0670. The van der Waals surface area contributed by atoms with Crippen molar-refractivity contribution in [1.29, 1.82) is 0 Å². The summed E-state index contributed by atoms with van der Waals surface area (Å²) in [5.74, 6) is -0.345. The first-order valence-electron chi connectivity index (χ1n) is 8.79. The number of likely N-dealkylation sites (tertiary alicyclic amines) is 1. The second-order valence-electron chi connectivity index (χ2n) is 6.44. The number of urea groups is 1. The van der Waals surface area contributed by atoms with Crippen molar-refractivity contribution in [2.24, 2.45) is 11.7 Å². The maximum atomic E-state index is 13.2. The lowest BCUT2D eigenvalue weighted by Gasteiger charge is -2.32. The Labute approximate surface area is 172 Å². The summed E-state index contributed by atoms with van der Waals surface area (Å²) < 4.78 is 13.2. The molecule has 28 heavy (non-hydrogen) atoms. The summed E-state index contributed by atoms with van der Waals surface area (Å²) in [7, 11) is 0. The normalized spacial score (nSPS) is 16.2. The number of thiazole rings is 1. The van der Waals surface area contributed by atoms with Crippen LogP contribution >= 0.6 is 23.7 Å². The topological polar surface area (TPSA) is 100 Å². The minimum Gasteiger partial charge on any atom is -0.338 e. The molecule has 2 heterocycles. The molecule has 1 aliphatic heterocycles. The minimum absolute atomic E-state index is 0. The fraction of sp³-hybridized carbons (Fsp3) is 0.389. The Balaban J connectivity index is 0.00000280. The molecular formula is C18H23ClFN5O2S. The van der Waals surface area contributed by atoms with Gasteiger partial charge in [-0.2, -0.15) is 0 Å². The molecule has 10 heteroatoms. The highest BCUT2D eigenvalue weighted by atomic mass is 35.5. The van der Waals surface area contributed by atoms with E-state index < -0.39 is 11.8 Å². The number of carbonyl (C=O) groups excluding carboxylic acids is 2. The molecule has 7 nitrogen and oxygen atoms in total. The van der Waals surface area contributed by atoms with Crippen LogP contribution in [0.4, 0.5) is 14.9 Å². The van der Waals surface area contributed by atoms with Gasteiger partial charge in [-0.15, -0.1) is 23.7 Å². The van der Waals surface area contributed by atoms with Crippen LogP contribution in [0.5, 0.6) is 0 Å². The van der Waals surface area contributed by atoms with Crippen molar-refractivity contribution in [2.45, 2.75) is 19.4 Å². The number of anilines is 1. The Kier molecular flexibility index (Phi) is 8.16. The van der Waals surface area contributed by atoms with E-state index >= 15 is 0 Å². The van der Waals surface area contributed by atoms with Crippen LogP contribution in [0.1, 0.15) is 28.3 Å². The van der Waals surface area contributed by atoms with Gasteiger partial charge in [0.15, 0.2) is 0 Å². The zero-order valence-electron chi connectivity index (χ0n) is 15.2. The Bertz CT molecular complexity index is 819. The Hall–Kier alpha value is -2.23. The van der Waals surface area contributed by atoms with Gasteiger partial charge in [0.05, 0.1) is 0 Å². The van der Waals surface area contributed by atoms with E-state index in [1.165, 1.54) is 29.5 Å². The fourth-order valence-corrected chi connectivity index (χ4v) is 3.71. The largest absolute Gasteiger partial charge is 0.338 e. The first-order valence-corrected chi connectivity index (χ1v) is 9.67. The van der Waals surface area contributed by atoms with E-state index in [9.17, 15) is 14.0 Å². The number of aromatic nitrogens is 1. The number of nitrogens with zero attached hydrogens (tertiary/aromatic N) is 2. The van der Waals surface area contributed by atoms with Crippen molar-refractivity contribution in [3.05, 3.63) is 46.2 Å². The Morgan fingerprint density at radius 3 is 2.93 bits per heavy atom. The predicted octanol–water partition coefficient (Wildman–Crippen LogP) is 2.84. The number of nitrogens with two attached hydrogens (primary N) is 1. The number of carbonyl (C=O) groups is 2. The van der Waals surface area contributed by atoms with Gasteiger partial charge in [0.1, 0.15) is 16.5 Å². The third-order valence-corrected chi connectivity index (χ3v) is 5.26. The van der Waals surface area contributed by atoms with Crippen LogP contribution in [0.3, 0.4) is 0 Å². The first-order chi connectivity index (χ1) is 13.0. The number of benzene rings is 1. The number of piperidine rings is 1. The van der Waals surface area contributed by atoms with E-state index in [0.717, 1.165) is 17.8 Å². The number of nitrogens with one attached hydrogen (secondary N) is 2. The van der Waals surface area contributed by atoms with Crippen LogP contribution in [-0.2, 0) is 6.54 Å². The van der Waals surface area contributed by atoms with Gasteiger partial charge in [-0.1, -0.05) is 6.07 Å². The molecule has 0 radical (unpaired) electrons. The fourth-order valence-electron chi connectivity index (χ4n) is 3.06. The van der Waals surface area contributed by atoms with Crippen LogP contribution < -0.4 is 16.4 Å². The highest BCUT2D eigenvalue weighted by Crippen LogP contribution is 2.19. The Morgan fingerprint density at radius 2 is 2.21 bits per heavy atom. The molecule has 1 unspecified atom stereocenters. The van der Waals surface area contributed by atoms with Gasteiger partial charge in [-0.05, 0) is 37.0 Å². The quantitative estimate of drug-likeness (QED) is 0.683. The molecule has 0 aliphatic carbocycles. The Morgan fingerprint density at radius 1 is 1.39 bits per heavy atom. The zero-order valence-corrected chi connectivity index (χ0v) is 16.8. The molecule has 1 aliphatic rings. The highest BCUT2D eigenvalue weighted by Gasteiger charge is 2.26. The maximum absolute atomic E-state index is 13.2. The summed E-state index contributed by atoms with van der Waals surface area (Å²) in [6, 6.07) is 5.33. The summed E-state index contributed by atoms with van der Waals surface area (Å²) >= 11 is 1.38. The van der Waals surface area contributed by atoms with Crippen molar-refractivity contribution < 1.29 is 14.0 Å². The molecule has 1 saturated heterocycles. The molecule has 1 aromatic carbocycles. The smallest absolute Gasteiger partial charge is 0.319 e. The number of hydrogen-bond donors (Lipinski definition) is 3. The van der Waals surface area contributed by atoms with E-state index in [4.69, 9.17) is 5.73 Å². The second-order valence-corrected chi connectivity index (χ2v) is 7.38. The summed E-state index contributed by atoms with van der Waals surface area (Å²) in [5.41, 5.74) is 6.38. The van der Waals surface area contributed by atoms with Crippen LogP contribution in [0.15, 0.2) is 29.6 Å². The third kappa shape index (κ3) is 5.88. The van der Waals surface area contributed by atoms with Gasteiger partial charge in [0.2, 0.25) is 0 Å². The maximum Gasteiger partial charge on any atom is 0.319 e. The van der Waals surface area contributed by atoms with Gasteiger partial charge in [0, 0.05) is 37.2 Å². The summed E-state index contributed by atoms with van der Waals surface area (Å²) in [5, 5.41) is 7.87. The van der Waals surface area contributed by atoms with E-state index in [-0.39, 0.29) is 24.2 Å². The number of amides is 3. The molecule has 2 aromatic rings. The first kappa shape index (κ1) is 22.1. The third-order valence-electron chi connectivity index (χ3n) is 4.39. The van der Waals surface area contributed by atoms with Crippen LogP contribution in [0, 0.1) is 11.7 Å². The molecule has 0 bridgehead atoms. The molecular weight excluding hydrogens is 405 g/mol. The predicted molar refractivity (Wildman–Crippen MR) is 109 cm³/mol. The van der Waals surface area contributed by atoms with Crippen LogP contribution in [0.2, 0.25) is 0 Å². The summed E-state index contributed by atoms with van der Waals surface area (Å²) in [4.78, 5) is 30.6. The van der Waals surface area contributed by atoms with Gasteiger partial charge in [0.25, 0.3) is 5.91 Å². The molecule has 0 spiro atoms. The molecule has 4 N–H and O–H groups in total. The molecule has 1 atom stereocenters. The lowest BCUT2D eigenvalue weighted by Crippen LogP contribution is -2.44. The van der Waals surface area contributed by atoms with Crippen molar-refractivity contribution >= 4 is 41.4 Å².